The minimum Gasteiger partial charge on any atom is -0.480 e. The van der Waals surface area contributed by atoms with Crippen LogP contribution in [0.25, 0.3) is 10.9 Å². The summed E-state index contributed by atoms with van der Waals surface area (Å²) in [5.41, 5.74) is 0.794. The number of benzene rings is 1. The van der Waals surface area contributed by atoms with Crippen molar-refractivity contribution in [2.75, 3.05) is 20.3 Å². The van der Waals surface area contributed by atoms with E-state index in [0.717, 1.165) is 23.7 Å². The van der Waals surface area contributed by atoms with Crippen LogP contribution in [0.4, 0.5) is 0 Å². The largest absolute Gasteiger partial charge is 0.480 e. The lowest BCUT2D eigenvalue weighted by Gasteiger charge is -2.23. The third-order valence-electron chi connectivity index (χ3n) is 3.79. The average molecular weight is 287 g/mol. The lowest BCUT2D eigenvalue weighted by molar-refractivity contribution is -0.135. The first-order valence-corrected chi connectivity index (χ1v) is 6.95. The third kappa shape index (κ3) is 2.42. The van der Waals surface area contributed by atoms with Gasteiger partial charge in [0.15, 0.2) is 5.82 Å². The number of amides is 1. The van der Waals surface area contributed by atoms with Crippen LogP contribution in [0.15, 0.2) is 24.3 Å². The predicted molar refractivity (Wildman–Crippen MR) is 76.9 cm³/mol. The van der Waals surface area contributed by atoms with E-state index in [2.05, 4.69) is 9.97 Å². The molecule has 21 heavy (non-hydrogen) atoms. The smallest absolute Gasteiger partial charge is 0.248 e. The number of carbonyl (C=O) groups is 1. The molecule has 6 nitrogen and oxygen atoms in total. The Hall–Kier alpha value is -2.21. The second-order valence-electron chi connectivity index (χ2n) is 5.01. The summed E-state index contributed by atoms with van der Waals surface area (Å²) in [7, 11) is 1.57. The van der Waals surface area contributed by atoms with Crippen molar-refractivity contribution in [1.29, 1.82) is 0 Å². The summed E-state index contributed by atoms with van der Waals surface area (Å²) in [5.74, 6) is 0.803. The van der Waals surface area contributed by atoms with Crippen molar-refractivity contribution in [2.45, 2.75) is 18.9 Å². The quantitative estimate of drug-likeness (QED) is 0.920. The number of aliphatic hydroxyl groups is 1. The number of para-hydroxylation sites is 1. The highest BCUT2D eigenvalue weighted by molar-refractivity contribution is 5.83. The van der Waals surface area contributed by atoms with E-state index in [-0.39, 0.29) is 11.9 Å². The van der Waals surface area contributed by atoms with Crippen LogP contribution in [0.3, 0.4) is 0 Å². The monoisotopic (exact) mass is 287 g/mol. The Morgan fingerprint density at radius 2 is 2.24 bits per heavy atom. The fourth-order valence-electron chi connectivity index (χ4n) is 2.79. The van der Waals surface area contributed by atoms with Crippen molar-refractivity contribution in [2.24, 2.45) is 0 Å². The molecule has 1 aliphatic rings. The molecular weight excluding hydrogens is 270 g/mol. The zero-order valence-corrected chi connectivity index (χ0v) is 11.8. The first-order valence-electron chi connectivity index (χ1n) is 6.95. The zero-order chi connectivity index (χ0) is 14.8. The van der Waals surface area contributed by atoms with Gasteiger partial charge in [0.1, 0.15) is 6.61 Å². The number of aliphatic hydroxyl groups excluding tert-OH is 1. The molecule has 1 unspecified atom stereocenters. The van der Waals surface area contributed by atoms with Gasteiger partial charge in [-0.25, -0.2) is 4.98 Å². The van der Waals surface area contributed by atoms with Gasteiger partial charge >= 0.3 is 0 Å². The molecule has 1 fully saturated rings. The number of methoxy groups -OCH3 is 1. The summed E-state index contributed by atoms with van der Waals surface area (Å²) in [6, 6.07) is 7.43. The number of hydrogen-bond acceptors (Lipinski definition) is 5. The van der Waals surface area contributed by atoms with E-state index in [1.54, 1.807) is 12.0 Å². The summed E-state index contributed by atoms with van der Waals surface area (Å²) in [6.07, 6.45) is 1.68. The van der Waals surface area contributed by atoms with Crippen molar-refractivity contribution in [3.63, 3.8) is 0 Å². The number of ether oxygens (including phenoxy) is 1. The predicted octanol–water partition coefficient (Wildman–Crippen LogP) is 1.29. The molecule has 1 N–H and O–H groups in total. The molecule has 110 valence electrons. The van der Waals surface area contributed by atoms with Crippen LogP contribution in [0, 0.1) is 0 Å². The van der Waals surface area contributed by atoms with Crippen LogP contribution >= 0.6 is 0 Å². The second-order valence-corrected chi connectivity index (χ2v) is 5.01. The van der Waals surface area contributed by atoms with Gasteiger partial charge in [0.2, 0.25) is 11.8 Å². The molecule has 1 aromatic carbocycles. The lowest BCUT2D eigenvalue weighted by atomic mass is 10.2. The van der Waals surface area contributed by atoms with Gasteiger partial charge in [0, 0.05) is 6.54 Å². The van der Waals surface area contributed by atoms with Gasteiger partial charge in [-0.1, -0.05) is 12.1 Å². The van der Waals surface area contributed by atoms with Crippen LogP contribution in [0.5, 0.6) is 5.88 Å². The van der Waals surface area contributed by atoms with E-state index >= 15 is 0 Å². The highest BCUT2D eigenvalue weighted by atomic mass is 16.5. The van der Waals surface area contributed by atoms with Gasteiger partial charge in [0.05, 0.1) is 24.1 Å². The van der Waals surface area contributed by atoms with Crippen LogP contribution in [-0.2, 0) is 4.79 Å². The van der Waals surface area contributed by atoms with Crippen LogP contribution in [0.1, 0.15) is 24.7 Å². The molecular formula is C15H17N3O3. The first kappa shape index (κ1) is 13.8. The molecule has 0 saturated carbocycles. The molecule has 1 aliphatic heterocycles. The highest BCUT2D eigenvalue weighted by Gasteiger charge is 2.32. The van der Waals surface area contributed by atoms with Crippen molar-refractivity contribution in [3.8, 4) is 5.88 Å². The SMILES string of the molecule is COc1nc(C2CCCN2C(=O)CO)nc2ccccc12. The van der Waals surface area contributed by atoms with E-state index in [1.165, 1.54) is 0 Å². The summed E-state index contributed by atoms with van der Waals surface area (Å²) in [5, 5.41) is 9.92. The number of carbonyl (C=O) groups excluding carboxylic acids is 1. The number of likely N-dealkylation sites (tertiary alicyclic amines) is 1. The Bertz CT molecular complexity index is 674. The second kappa shape index (κ2) is 5.65. The molecule has 3 rings (SSSR count). The van der Waals surface area contributed by atoms with Crippen molar-refractivity contribution < 1.29 is 14.6 Å². The summed E-state index contributed by atoms with van der Waals surface area (Å²) < 4.78 is 5.35. The van der Waals surface area contributed by atoms with E-state index in [0.29, 0.717) is 18.2 Å². The Kier molecular flexibility index (Phi) is 3.70. The Labute approximate surface area is 122 Å². The molecule has 2 aromatic rings. The maximum absolute atomic E-state index is 11.8. The topological polar surface area (TPSA) is 75.5 Å². The van der Waals surface area contributed by atoms with Crippen molar-refractivity contribution >= 4 is 16.8 Å². The molecule has 1 amide bonds. The fourth-order valence-corrected chi connectivity index (χ4v) is 2.79. The number of fused-ring (bicyclic) bond motifs is 1. The number of rotatable bonds is 3. The van der Waals surface area contributed by atoms with Gasteiger partial charge in [-0.3, -0.25) is 4.79 Å². The van der Waals surface area contributed by atoms with E-state index in [1.807, 2.05) is 24.3 Å². The zero-order valence-electron chi connectivity index (χ0n) is 11.8. The maximum atomic E-state index is 11.8. The Morgan fingerprint density at radius 1 is 1.43 bits per heavy atom. The molecule has 0 spiro atoms. The van der Waals surface area contributed by atoms with Crippen LogP contribution in [-0.4, -0.2) is 46.1 Å². The maximum Gasteiger partial charge on any atom is 0.248 e. The van der Waals surface area contributed by atoms with Gasteiger partial charge in [-0.05, 0) is 25.0 Å². The normalized spacial score (nSPS) is 18.2. The summed E-state index contributed by atoms with van der Waals surface area (Å²) >= 11 is 0. The summed E-state index contributed by atoms with van der Waals surface area (Å²) in [6.45, 7) is 0.143. The van der Waals surface area contributed by atoms with Gasteiger partial charge < -0.3 is 14.7 Å². The molecule has 1 atom stereocenters. The first-order chi connectivity index (χ1) is 10.2. The lowest BCUT2D eigenvalue weighted by Crippen LogP contribution is -2.33. The van der Waals surface area contributed by atoms with Gasteiger partial charge in [-0.15, -0.1) is 0 Å². The standard InChI is InChI=1S/C15H17N3O3/c1-21-15-10-5-2-3-6-11(10)16-14(17-15)12-7-4-8-18(12)13(20)9-19/h2-3,5-6,12,19H,4,7-9H2,1H3. The molecule has 0 radical (unpaired) electrons. The average Bonchev–Trinajstić information content (AvgIpc) is 3.02. The molecule has 1 aromatic heterocycles. The van der Waals surface area contributed by atoms with E-state index < -0.39 is 6.61 Å². The minimum absolute atomic E-state index is 0.192. The Morgan fingerprint density at radius 3 is 3.00 bits per heavy atom. The number of aromatic nitrogens is 2. The number of nitrogens with zero attached hydrogens (tertiary/aromatic N) is 3. The van der Waals surface area contributed by atoms with Crippen LogP contribution < -0.4 is 4.74 Å². The summed E-state index contributed by atoms with van der Waals surface area (Å²) in [4.78, 5) is 22.5. The van der Waals surface area contributed by atoms with Crippen molar-refractivity contribution in [3.05, 3.63) is 30.1 Å². The van der Waals surface area contributed by atoms with E-state index in [4.69, 9.17) is 9.84 Å². The van der Waals surface area contributed by atoms with Gasteiger partial charge in [0.25, 0.3) is 0 Å². The van der Waals surface area contributed by atoms with Gasteiger partial charge in [-0.2, -0.15) is 4.98 Å². The minimum atomic E-state index is -0.485. The molecule has 1 saturated heterocycles. The third-order valence-corrected chi connectivity index (χ3v) is 3.79. The Balaban J connectivity index is 2.05. The molecule has 0 bridgehead atoms. The highest BCUT2D eigenvalue weighted by Crippen LogP contribution is 2.32. The number of hydrogen-bond donors (Lipinski definition) is 1. The molecule has 2 heterocycles. The van der Waals surface area contributed by atoms with Crippen LogP contribution in [0.2, 0.25) is 0 Å². The molecule has 0 aliphatic carbocycles. The fraction of sp³-hybridized carbons (Fsp3) is 0.400. The van der Waals surface area contributed by atoms with E-state index in [9.17, 15) is 4.79 Å². The molecule has 6 heteroatoms. The van der Waals surface area contributed by atoms with Crippen molar-refractivity contribution in [1.82, 2.24) is 14.9 Å².